The van der Waals surface area contributed by atoms with Gasteiger partial charge in [0.05, 0.1) is 28.1 Å². The van der Waals surface area contributed by atoms with Crippen molar-refractivity contribution < 1.29 is 18.1 Å². The highest BCUT2D eigenvalue weighted by Gasteiger charge is 2.18. The number of benzene rings is 2. The number of carbonyl (C=O) groups excluding carboxylic acids is 1. The van der Waals surface area contributed by atoms with Crippen LogP contribution in [0, 0.1) is 10.1 Å². The lowest BCUT2D eigenvalue weighted by molar-refractivity contribution is -0.384. The Balaban J connectivity index is 1.80. The Kier molecular flexibility index (Phi) is 6.22. The molecule has 0 saturated heterocycles. The van der Waals surface area contributed by atoms with Crippen LogP contribution in [0.2, 0.25) is 0 Å². The fourth-order valence-corrected chi connectivity index (χ4v) is 3.93. The van der Waals surface area contributed by atoms with Gasteiger partial charge in [-0.25, -0.2) is 13.4 Å². The number of rotatable bonds is 7. The van der Waals surface area contributed by atoms with Crippen molar-refractivity contribution in [3.63, 3.8) is 0 Å². The van der Waals surface area contributed by atoms with Crippen LogP contribution < -0.4 is 14.9 Å². The van der Waals surface area contributed by atoms with Crippen LogP contribution in [0.3, 0.4) is 0 Å². The molecule has 0 atom stereocenters. The van der Waals surface area contributed by atoms with Crippen LogP contribution in [0.4, 0.5) is 22.2 Å². The number of non-ortho nitro benzene ring substituents is 1. The highest BCUT2D eigenvalue weighted by Crippen LogP contribution is 2.28. The Bertz CT molecular complexity index is 1240. The van der Waals surface area contributed by atoms with E-state index in [4.69, 9.17) is 0 Å². The number of nitrogens with one attached hydrogen (secondary N) is 2. The zero-order chi connectivity index (χ0) is 22.8. The number of carbonyl (C=O) groups is 1. The second-order valence-electron chi connectivity index (χ2n) is 6.51. The fourth-order valence-electron chi connectivity index (χ4n) is 2.71. The Morgan fingerprint density at radius 3 is 2.45 bits per heavy atom. The van der Waals surface area contributed by atoms with Crippen molar-refractivity contribution in [1.29, 1.82) is 0 Å². The number of thiazole rings is 1. The first-order valence-electron chi connectivity index (χ1n) is 8.87. The maximum atomic E-state index is 12.7. The van der Waals surface area contributed by atoms with Crippen LogP contribution in [0.5, 0.6) is 0 Å². The molecule has 31 heavy (non-hydrogen) atoms. The zero-order valence-electron chi connectivity index (χ0n) is 16.8. The molecule has 0 bridgehead atoms. The van der Waals surface area contributed by atoms with E-state index >= 15 is 0 Å². The van der Waals surface area contributed by atoms with E-state index in [-0.39, 0.29) is 11.3 Å². The van der Waals surface area contributed by atoms with E-state index < -0.39 is 20.9 Å². The first-order valence-corrected chi connectivity index (χ1v) is 11.6. The minimum atomic E-state index is -3.36. The number of aromatic nitrogens is 1. The molecule has 0 radical (unpaired) electrons. The molecule has 1 amide bonds. The minimum absolute atomic E-state index is 0.126. The molecule has 3 rings (SSSR count). The van der Waals surface area contributed by atoms with Gasteiger partial charge >= 0.3 is 0 Å². The smallest absolute Gasteiger partial charge is 0.270 e. The van der Waals surface area contributed by atoms with E-state index in [0.29, 0.717) is 22.2 Å². The summed E-state index contributed by atoms with van der Waals surface area (Å²) in [5.41, 5.74) is 2.24. The van der Waals surface area contributed by atoms with Gasteiger partial charge in [0, 0.05) is 42.9 Å². The number of nitrogens with zero attached hydrogens (tertiary/aromatic N) is 3. The molecule has 0 spiro atoms. The molecule has 162 valence electrons. The predicted molar refractivity (Wildman–Crippen MR) is 121 cm³/mol. The second-order valence-corrected chi connectivity index (χ2v) is 9.38. The Hall–Kier alpha value is -3.51. The van der Waals surface area contributed by atoms with Crippen molar-refractivity contribution in [3.05, 3.63) is 63.5 Å². The average molecular weight is 462 g/mol. The third kappa shape index (κ3) is 4.98. The molecule has 0 aliphatic rings. The van der Waals surface area contributed by atoms with Gasteiger partial charge in [-0.05, 0) is 18.2 Å². The van der Waals surface area contributed by atoms with Gasteiger partial charge in [-0.1, -0.05) is 12.1 Å². The lowest BCUT2D eigenvalue weighted by Crippen LogP contribution is -2.24. The Labute approximate surface area is 182 Å². The number of nitro benzene ring substituents is 1. The summed E-state index contributed by atoms with van der Waals surface area (Å²) in [7, 11) is -0.277. The van der Waals surface area contributed by atoms with E-state index in [0.717, 1.165) is 11.8 Å². The van der Waals surface area contributed by atoms with Crippen molar-refractivity contribution >= 4 is 49.5 Å². The molecule has 0 unspecified atom stereocenters. The van der Waals surface area contributed by atoms with Crippen molar-refractivity contribution in [2.24, 2.45) is 0 Å². The van der Waals surface area contributed by atoms with Gasteiger partial charge in [0.1, 0.15) is 0 Å². The lowest BCUT2D eigenvalue weighted by Gasteiger charge is -2.16. The molecule has 10 nitrogen and oxygen atoms in total. The summed E-state index contributed by atoms with van der Waals surface area (Å²) in [6.45, 7) is 0. The predicted octanol–water partition coefficient (Wildman–Crippen LogP) is 3.41. The lowest BCUT2D eigenvalue weighted by atomic mass is 10.1. The fraction of sp³-hybridized carbons (Fsp3) is 0.158. The van der Waals surface area contributed by atoms with E-state index in [9.17, 15) is 23.3 Å². The molecule has 3 aromatic rings. The molecular formula is C19H19N5O5S2. The second kappa shape index (κ2) is 8.70. The highest BCUT2D eigenvalue weighted by molar-refractivity contribution is 7.92. The van der Waals surface area contributed by atoms with Gasteiger partial charge in [0.25, 0.3) is 11.6 Å². The van der Waals surface area contributed by atoms with Gasteiger partial charge in [0.2, 0.25) is 10.0 Å². The number of nitro groups is 1. The standard InChI is InChI=1S/C19H19N5O5S2/c1-20-16-9-8-14(24(26)27)10-15(16)18(25)22-19-21-17(11-30-19)12-4-6-13(7-5-12)23(2)31(3,28)29/h4-11,20H,1-3H3,(H,21,22,25). The van der Waals surface area contributed by atoms with Crippen LogP contribution in [0.1, 0.15) is 10.4 Å². The van der Waals surface area contributed by atoms with Gasteiger partial charge in [-0.2, -0.15) is 0 Å². The van der Waals surface area contributed by atoms with Gasteiger partial charge in [-0.3, -0.25) is 24.5 Å². The van der Waals surface area contributed by atoms with Crippen molar-refractivity contribution in [2.75, 3.05) is 35.3 Å². The zero-order valence-corrected chi connectivity index (χ0v) is 18.5. The topological polar surface area (TPSA) is 135 Å². The summed E-state index contributed by atoms with van der Waals surface area (Å²) >= 11 is 1.20. The molecule has 2 aromatic carbocycles. The Morgan fingerprint density at radius 1 is 1.19 bits per heavy atom. The monoisotopic (exact) mass is 461 g/mol. The van der Waals surface area contributed by atoms with Crippen LogP contribution in [-0.4, -0.2) is 44.6 Å². The van der Waals surface area contributed by atoms with Crippen LogP contribution in [0.25, 0.3) is 11.3 Å². The van der Waals surface area contributed by atoms with Crippen molar-refractivity contribution in [1.82, 2.24) is 4.98 Å². The molecule has 0 aliphatic carbocycles. The van der Waals surface area contributed by atoms with E-state index in [1.165, 1.54) is 40.9 Å². The van der Waals surface area contributed by atoms with E-state index in [1.807, 2.05) is 0 Å². The summed E-state index contributed by atoms with van der Waals surface area (Å²) in [5, 5.41) is 18.6. The molecule has 0 aliphatic heterocycles. The third-order valence-corrected chi connectivity index (χ3v) is 6.44. The summed E-state index contributed by atoms with van der Waals surface area (Å²) in [6.07, 6.45) is 1.12. The first kappa shape index (κ1) is 22.2. The number of amides is 1. The van der Waals surface area contributed by atoms with Gasteiger partial charge < -0.3 is 5.32 Å². The molecule has 1 heterocycles. The summed E-state index contributed by atoms with van der Waals surface area (Å²) in [4.78, 5) is 27.5. The van der Waals surface area contributed by atoms with Gasteiger partial charge in [-0.15, -0.1) is 11.3 Å². The minimum Gasteiger partial charge on any atom is -0.387 e. The summed E-state index contributed by atoms with van der Waals surface area (Å²) in [5.74, 6) is -0.529. The number of anilines is 3. The normalized spacial score (nSPS) is 11.1. The van der Waals surface area contributed by atoms with E-state index in [1.54, 1.807) is 36.7 Å². The van der Waals surface area contributed by atoms with Crippen molar-refractivity contribution in [3.8, 4) is 11.3 Å². The third-order valence-electron chi connectivity index (χ3n) is 4.48. The van der Waals surface area contributed by atoms with Crippen LogP contribution in [-0.2, 0) is 10.0 Å². The number of hydrogen-bond acceptors (Lipinski definition) is 8. The molecule has 2 N–H and O–H groups in total. The highest BCUT2D eigenvalue weighted by atomic mass is 32.2. The quantitative estimate of drug-likeness (QED) is 0.407. The first-order chi connectivity index (χ1) is 14.6. The number of sulfonamides is 1. The summed E-state index contributed by atoms with van der Waals surface area (Å²) in [6, 6.07) is 10.8. The summed E-state index contributed by atoms with van der Waals surface area (Å²) < 4.78 is 24.5. The molecule has 0 saturated carbocycles. The SMILES string of the molecule is CNc1ccc([N+](=O)[O-])cc1C(=O)Nc1nc(-c2ccc(N(C)S(C)(=O)=O)cc2)cs1. The van der Waals surface area contributed by atoms with Crippen LogP contribution in [0.15, 0.2) is 47.8 Å². The van der Waals surface area contributed by atoms with Gasteiger partial charge in [0.15, 0.2) is 5.13 Å². The molecule has 12 heteroatoms. The molecular weight excluding hydrogens is 442 g/mol. The number of hydrogen-bond donors (Lipinski definition) is 2. The Morgan fingerprint density at radius 2 is 1.87 bits per heavy atom. The maximum absolute atomic E-state index is 12.7. The molecule has 1 aromatic heterocycles. The average Bonchev–Trinajstić information content (AvgIpc) is 3.20. The van der Waals surface area contributed by atoms with E-state index in [2.05, 4.69) is 15.6 Å². The largest absolute Gasteiger partial charge is 0.387 e. The molecule has 0 fully saturated rings. The maximum Gasteiger partial charge on any atom is 0.270 e. The van der Waals surface area contributed by atoms with Crippen LogP contribution >= 0.6 is 11.3 Å². The van der Waals surface area contributed by atoms with Crippen molar-refractivity contribution in [2.45, 2.75) is 0 Å².